The Hall–Kier alpha value is -0.340. The van der Waals surface area contributed by atoms with Gasteiger partial charge in [0, 0.05) is 5.92 Å². The fraction of sp³-hybridized carbons (Fsp3) is 1.00. The number of unbranched alkanes of at least 4 members (excludes halogenated alkanes) is 1. The zero-order chi connectivity index (χ0) is 16.5. The molecule has 0 aliphatic carbocycles. The average Bonchev–Trinajstić information content (AvgIpc) is 2.35. The van der Waals surface area contributed by atoms with E-state index in [9.17, 15) is 13.2 Å². The van der Waals surface area contributed by atoms with E-state index >= 15 is 0 Å². The number of alkyl halides is 3. The molecule has 8 heteroatoms. The van der Waals surface area contributed by atoms with Gasteiger partial charge in [0.05, 0.1) is 19.6 Å². The molecule has 0 bridgehead atoms. The lowest BCUT2D eigenvalue weighted by Crippen LogP contribution is -3.13. The standard InChI is InChI=1S/C12H25N.CHF3O3S/c1-3-5-7-12-8-6-10-13(11-12)9-4-2;2-1(3,4)8(5,6)7/h12H,3-11H2,1-2H3;(H,5,6,7). The zero-order valence-electron chi connectivity index (χ0n) is 12.7. The highest BCUT2D eigenvalue weighted by Crippen LogP contribution is 2.20. The molecule has 2 unspecified atom stereocenters. The molecule has 1 aliphatic heterocycles. The minimum Gasteiger partial charge on any atom is -0.741 e. The molecule has 128 valence electrons. The Labute approximate surface area is 125 Å². The lowest BCUT2D eigenvalue weighted by Gasteiger charge is -2.29. The van der Waals surface area contributed by atoms with Gasteiger partial charge in [-0.2, -0.15) is 13.2 Å². The molecule has 0 saturated carbocycles. The van der Waals surface area contributed by atoms with Gasteiger partial charge < -0.3 is 9.45 Å². The first-order valence-electron chi connectivity index (χ1n) is 7.47. The third kappa shape index (κ3) is 9.31. The molecule has 4 nitrogen and oxygen atoms in total. The van der Waals surface area contributed by atoms with Crippen molar-refractivity contribution in [3.05, 3.63) is 0 Å². The van der Waals surface area contributed by atoms with Crippen LogP contribution in [0.4, 0.5) is 13.2 Å². The number of halogens is 3. The molecule has 1 saturated heterocycles. The van der Waals surface area contributed by atoms with E-state index in [1.165, 1.54) is 58.2 Å². The van der Waals surface area contributed by atoms with Crippen molar-refractivity contribution in [3.63, 3.8) is 0 Å². The number of likely N-dealkylation sites (tertiary alicyclic amines) is 1. The highest BCUT2D eigenvalue weighted by atomic mass is 32.2. The van der Waals surface area contributed by atoms with Crippen LogP contribution in [-0.2, 0) is 10.1 Å². The molecule has 1 N–H and O–H groups in total. The third-order valence-corrected chi connectivity index (χ3v) is 4.14. The van der Waals surface area contributed by atoms with Gasteiger partial charge in [0.1, 0.15) is 0 Å². The second-order valence-electron chi connectivity index (χ2n) is 5.50. The fourth-order valence-electron chi connectivity index (χ4n) is 2.57. The number of nitrogens with one attached hydrogen (secondary N) is 1. The van der Waals surface area contributed by atoms with Gasteiger partial charge in [-0.25, -0.2) is 8.42 Å². The van der Waals surface area contributed by atoms with Crippen molar-refractivity contribution in [2.45, 2.75) is 57.9 Å². The summed E-state index contributed by atoms with van der Waals surface area (Å²) in [6.45, 7) is 8.93. The molecule has 0 aromatic carbocycles. The summed E-state index contributed by atoms with van der Waals surface area (Å²) in [5, 5.41) is 0. The van der Waals surface area contributed by atoms with Crippen molar-refractivity contribution in [1.82, 2.24) is 0 Å². The van der Waals surface area contributed by atoms with E-state index in [0.29, 0.717) is 0 Å². The predicted molar refractivity (Wildman–Crippen MR) is 73.9 cm³/mol. The van der Waals surface area contributed by atoms with Crippen LogP contribution in [-0.4, -0.2) is 38.1 Å². The molecule has 1 rings (SSSR count). The number of quaternary nitrogens is 1. The summed E-state index contributed by atoms with van der Waals surface area (Å²) in [5.41, 5.74) is -5.65. The van der Waals surface area contributed by atoms with Crippen molar-refractivity contribution < 1.29 is 31.0 Å². The number of hydrogen-bond donors (Lipinski definition) is 1. The monoisotopic (exact) mass is 333 g/mol. The van der Waals surface area contributed by atoms with Crippen molar-refractivity contribution >= 4 is 10.1 Å². The Bertz CT molecular complexity index is 369. The van der Waals surface area contributed by atoms with Gasteiger partial charge in [0.2, 0.25) is 0 Å². The molecule has 1 fully saturated rings. The van der Waals surface area contributed by atoms with Crippen LogP contribution in [0, 0.1) is 5.92 Å². The lowest BCUT2D eigenvalue weighted by atomic mass is 9.93. The molecule has 1 aliphatic rings. The van der Waals surface area contributed by atoms with Crippen molar-refractivity contribution in [1.29, 1.82) is 0 Å². The van der Waals surface area contributed by atoms with Crippen LogP contribution in [0.2, 0.25) is 0 Å². The molecule has 0 radical (unpaired) electrons. The number of hydrogen-bond acceptors (Lipinski definition) is 3. The minimum atomic E-state index is -6.09. The second kappa shape index (κ2) is 9.63. The van der Waals surface area contributed by atoms with E-state index in [4.69, 9.17) is 13.0 Å². The maximum atomic E-state index is 10.7. The van der Waals surface area contributed by atoms with E-state index in [1.54, 1.807) is 0 Å². The fourth-order valence-corrected chi connectivity index (χ4v) is 2.57. The van der Waals surface area contributed by atoms with Gasteiger partial charge in [-0.15, -0.1) is 0 Å². The largest absolute Gasteiger partial charge is 0.741 e. The molecule has 0 aromatic heterocycles. The van der Waals surface area contributed by atoms with E-state index in [1.807, 2.05) is 4.90 Å². The normalized spacial score (nSPS) is 23.3. The predicted octanol–water partition coefficient (Wildman–Crippen LogP) is 1.93. The van der Waals surface area contributed by atoms with Crippen LogP contribution in [0.1, 0.15) is 52.4 Å². The van der Waals surface area contributed by atoms with Gasteiger partial charge in [-0.3, -0.25) is 0 Å². The van der Waals surface area contributed by atoms with Crippen LogP contribution in [0.25, 0.3) is 0 Å². The molecule has 21 heavy (non-hydrogen) atoms. The van der Waals surface area contributed by atoms with Crippen LogP contribution in [0.3, 0.4) is 0 Å². The van der Waals surface area contributed by atoms with Gasteiger partial charge >= 0.3 is 5.51 Å². The summed E-state index contributed by atoms with van der Waals surface area (Å²) < 4.78 is 58.9. The summed E-state index contributed by atoms with van der Waals surface area (Å²) in [7, 11) is -6.09. The van der Waals surface area contributed by atoms with Crippen LogP contribution in [0.15, 0.2) is 0 Å². The van der Waals surface area contributed by atoms with Gasteiger partial charge in [0.15, 0.2) is 10.1 Å². The minimum absolute atomic E-state index is 1.05. The maximum absolute atomic E-state index is 10.7. The third-order valence-electron chi connectivity index (χ3n) is 3.57. The van der Waals surface area contributed by atoms with E-state index in [2.05, 4.69) is 13.8 Å². The number of piperidine rings is 1. The molecule has 1 heterocycles. The maximum Gasteiger partial charge on any atom is 0.485 e. The summed E-state index contributed by atoms with van der Waals surface area (Å²) in [4.78, 5) is 1.87. The average molecular weight is 333 g/mol. The summed E-state index contributed by atoms with van der Waals surface area (Å²) in [5.74, 6) is 1.05. The Kier molecular flexibility index (Phi) is 9.48. The quantitative estimate of drug-likeness (QED) is 0.618. The first-order chi connectivity index (χ1) is 9.61. The smallest absolute Gasteiger partial charge is 0.485 e. The van der Waals surface area contributed by atoms with E-state index in [-0.39, 0.29) is 0 Å². The molecular formula is C13H26F3NO3S. The number of rotatable bonds is 5. The molecule has 0 amide bonds. The Balaban J connectivity index is 0.000000433. The molecule has 0 aromatic rings. The first kappa shape index (κ1) is 20.7. The Morgan fingerprint density at radius 3 is 2.24 bits per heavy atom. The first-order valence-corrected chi connectivity index (χ1v) is 8.88. The van der Waals surface area contributed by atoms with Crippen LogP contribution < -0.4 is 4.90 Å². The second-order valence-corrected chi connectivity index (χ2v) is 6.88. The van der Waals surface area contributed by atoms with Gasteiger partial charge in [-0.1, -0.05) is 26.7 Å². The SMILES string of the molecule is CCCCC1CCC[NH+](CCC)C1.O=S(=O)([O-])C(F)(F)F. The topological polar surface area (TPSA) is 61.6 Å². The lowest BCUT2D eigenvalue weighted by molar-refractivity contribution is -0.908. The highest BCUT2D eigenvalue weighted by Gasteiger charge is 2.36. The highest BCUT2D eigenvalue weighted by molar-refractivity contribution is 7.86. The summed E-state index contributed by atoms with van der Waals surface area (Å²) in [6.07, 6.45) is 8.65. The van der Waals surface area contributed by atoms with Gasteiger partial charge in [-0.05, 0) is 25.7 Å². The van der Waals surface area contributed by atoms with E-state index in [0.717, 1.165) is 5.92 Å². The Morgan fingerprint density at radius 1 is 1.24 bits per heavy atom. The zero-order valence-corrected chi connectivity index (χ0v) is 13.5. The van der Waals surface area contributed by atoms with Crippen LogP contribution >= 0.6 is 0 Å². The van der Waals surface area contributed by atoms with Crippen molar-refractivity contribution in [2.24, 2.45) is 5.92 Å². The molecule has 0 spiro atoms. The van der Waals surface area contributed by atoms with Crippen molar-refractivity contribution in [3.8, 4) is 0 Å². The van der Waals surface area contributed by atoms with Gasteiger partial charge in [0.25, 0.3) is 0 Å². The molecule has 2 atom stereocenters. The molecular weight excluding hydrogens is 307 g/mol. The van der Waals surface area contributed by atoms with Crippen LogP contribution in [0.5, 0.6) is 0 Å². The summed E-state index contributed by atoms with van der Waals surface area (Å²) in [6, 6.07) is 0. The van der Waals surface area contributed by atoms with Crippen molar-refractivity contribution in [2.75, 3.05) is 19.6 Å². The summed E-state index contributed by atoms with van der Waals surface area (Å²) >= 11 is 0. The Morgan fingerprint density at radius 2 is 1.81 bits per heavy atom. The van der Waals surface area contributed by atoms with E-state index < -0.39 is 15.6 Å².